The van der Waals surface area contributed by atoms with Crippen molar-refractivity contribution in [1.82, 2.24) is 5.32 Å². The first kappa shape index (κ1) is 15.3. The van der Waals surface area contributed by atoms with Crippen LogP contribution < -0.4 is 11.1 Å². The first-order valence-corrected chi connectivity index (χ1v) is 6.56. The van der Waals surface area contributed by atoms with Crippen LogP contribution in [0.15, 0.2) is 18.2 Å². The number of nitro benzene ring substituents is 1. The summed E-state index contributed by atoms with van der Waals surface area (Å²) < 4.78 is 19.0. The van der Waals surface area contributed by atoms with E-state index in [1.54, 1.807) is 0 Å². The number of hydrogen-bond acceptors (Lipinski definition) is 5. The Balaban J connectivity index is 2.13. The monoisotopic (exact) mass is 297 g/mol. The minimum absolute atomic E-state index is 0.212. The summed E-state index contributed by atoms with van der Waals surface area (Å²) in [4.78, 5) is 22.0. The van der Waals surface area contributed by atoms with E-state index in [0.717, 1.165) is 18.2 Å². The second-order valence-electron chi connectivity index (χ2n) is 4.81. The van der Waals surface area contributed by atoms with Crippen molar-refractivity contribution < 1.29 is 18.8 Å². The van der Waals surface area contributed by atoms with Gasteiger partial charge in [-0.3, -0.25) is 14.9 Å². The number of rotatable bonds is 5. The van der Waals surface area contributed by atoms with E-state index in [9.17, 15) is 19.3 Å². The molecule has 3 unspecified atom stereocenters. The molecule has 1 aromatic rings. The fourth-order valence-corrected chi connectivity index (χ4v) is 2.26. The largest absolute Gasteiger partial charge is 0.376 e. The number of halogens is 1. The van der Waals surface area contributed by atoms with Crippen LogP contribution in [-0.2, 0) is 4.74 Å². The normalized spacial score (nSPS) is 24.2. The topological polar surface area (TPSA) is 107 Å². The molecule has 0 saturated heterocycles. The molecule has 8 heteroatoms. The third-order valence-electron chi connectivity index (χ3n) is 3.45. The lowest BCUT2D eigenvalue weighted by Crippen LogP contribution is -2.64. The smallest absolute Gasteiger partial charge is 0.270 e. The fraction of sp³-hybridized carbons (Fsp3) is 0.462. The predicted molar refractivity (Wildman–Crippen MR) is 72.3 cm³/mol. The molecule has 7 nitrogen and oxygen atoms in total. The van der Waals surface area contributed by atoms with Crippen LogP contribution in [0.25, 0.3) is 0 Å². The molecule has 114 valence electrons. The molecule has 1 aromatic carbocycles. The molecule has 0 bridgehead atoms. The van der Waals surface area contributed by atoms with Crippen LogP contribution in [0.2, 0.25) is 0 Å². The molecule has 1 aliphatic carbocycles. The Morgan fingerprint density at radius 2 is 2.33 bits per heavy atom. The lowest BCUT2D eigenvalue weighted by atomic mass is 9.83. The zero-order valence-corrected chi connectivity index (χ0v) is 11.4. The third kappa shape index (κ3) is 3.17. The van der Waals surface area contributed by atoms with Crippen molar-refractivity contribution >= 4 is 11.6 Å². The number of nitrogens with zero attached hydrogens (tertiary/aromatic N) is 1. The van der Waals surface area contributed by atoms with Crippen molar-refractivity contribution in [3.8, 4) is 0 Å². The Morgan fingerprint density at radius 1 is 1.62 bits per heavy atom. The maximum absolute atomic E-state index is 13.7. The van der Waals surface area contributed by atoms with Crippen molar-refractivity contribution in [2.24, 2.45) is 5.73 Å². The second-order valence-corrected chi connectivity index (χ2v) is 4.81. The van der Waals surface area contributed by atoms with E-state index in [0.29, 0.717) is 13.0 Å². The number of benzene rings is 1. The number of nitrogens with one attached hydrogen (secondary N) is 1. The standard InChI is InChI=1S/C13H16FN3O4/c1-2-21-11-6-10(15)12(11)16-13(18)8-5-7(17(19)20)3-4-9(8)14/h3-5,10-12H,2,6,15H2,1H3,(H,16,18). The average molecular weight is 297 g/mol. The van der Waals surface area contributed by atoms with Crippen LogP contribution in [0.5, 0.6) is 0 Å². The van der Waals surface area contributed by atoms with Crippen LogP contribution in [0.4, 0.5) is 10.1 Å². The molecule has 1 saturated carbocycles. The summed E-state index contributed by atoms with van der Waals surface area (Å²) in [7, 11) is 0. The molecule has 0 radical (unpaired) electrons. The molecule has 1 amide bonds. The molecule has 21 heavy (non-hydrogen) atoms. The van der Waals surface area contributed by atoms with Gasteiger partial charge in [0, 0.05) is 24.8 Å². The molecule has 3 N–H and O–H groups in total. The SMILES string of the molecule is CCOC1CC(N)C1NC(=O)c1cc([N+](=O)[O-])ccc1F. The molecule has 0 heterocycles. The number of non-ortho nitro benzene ring substituents is 1. The van der Waals surface area contributed by atoms with Crippen LogP contribution in [0.3, 0.4) is 0 Å². The number of carbonyl (C=O) groups is 1. The highest BCUT2D eigenvalue weighted by atomic mass is 19.1. The Labute approximate surface area is 120 Å². The lowest BCUT2D eigenvalue weighted by Gasteiger charge is -2.42. The van der Waals surface area contributed by atoms with Gasteiger partial charge >= 0.3 is 0 Å². The average Bonchev–Trinajstić information content (AvgIpc) is 2.44. The Bertz CT molecular complexity index is 564. The van der Waals surface area contributed by atoms with Crippen molar-refractivity contribution in [1.29, 1.82) is 0 Å². The molecule has 0 aliphatic heterocycles. The van der Waals surface area contributed by atoms with Gasteiger partial charge in [-0.2, -0.15) is 0 Å². The Morgan fingerprint density at radius 3 is 2.90 bits per heavy atom. The van der Waals surface area contributed by atoms with Gasteiger partial charge in [-0.15, -0.1) is 0 Å². The minimum atomic E-state index is -0.820. The zero-order chi connectivity index (χ0) is 15.6. The summed E-state index contributed by atoms with van der Waals surface area (Å²) in [5.41, 5.74) is 5.07. The van der Waals surface area contributed by atoms with Crippen molar-refractivity contribution in [2.75, 3.05) is 6.61 Å². The first-order chi connectivity index (χ1) is 9.93. The highest BCUT2D eigenvalue weighted by Gasteiger charge is 2.40. The summed E-state index contributed by atoms with van der Waals surface area (Å²) in [6.07, 6.45) is 0.395. The molecule has 1 aliphatic rings. The van der Waals surface area contributed by atoms with Gasteiger partial charge in [0.25, 0.3) is 11.6 Å². The summed E-state index contributed by atoms with van der Waals surface area (Å²) in [5.74, 6) is -1.56. The Kier molecular flexibility index (Phi) is 4.49. The number of ether oxygens (including phenoxy) is 1. The highest BCUT2D eigenvalue weighted by Crippen LogP contribution is 2.24. The van der Waals surface area contributed by atoms with E-state index in [-0.39, 0.29) is 23.4 Å². The summed E-state index contributed by atoms with van der Waals surface area (Å²) in [6.45, 7) is 2.30. The van der Waals surface area contributed by atoms with Crippen molar-refractivity contribution in [2.45, 2.75) is 31.5 Å². The number of hydrogen-bond donors (Lipinski definition) is 2. The number of carbonyl (C=O) groups excluding carboxylic acids is 1. The van der Waals surface area contributed by atoms with Gasteiger partial charge in [-0.25, -0.2) is 4.39 Å². The number of nitrogens with two attached hydrogens (primary N) is 1. The Hall–Kier alpha value is -2.06. The molecule has 1 fully saturated rings. The molecule has 0 aromatic heterocycles. The lowest BCUT2D eigenvalue weighted by molar-refractivity contribution is -0.384. The van der Waals surface area contributed by atoms with Gasteiger partial charge < -0.3 is 15.8 Å². The van der Waals surface area contributed by atoms with Crippen LogP contribution in [0, 0.1) is 15.9 Å². The van der Waals surface area contributed by atoms with Crippen LogP contribution in [-0.4, -0.2) is 35.6 Å². The van der Waals surface area contributed by atoms with E-state index in [4.69, 9.17) is 10.5 Å². The minimum Gasteiger partial charge on any atom is -0.376 e. The molecular formula is C13H16FN3O4. The van der Waals surface area contributed by atoms with Crippen LogP contribution in [0.1, 0.15) is 23.7 Å². The van der Waals surface area contributed by atoms with Crippen LogP contribution >= 0.6 is 0 Å². The van der Waals surface area contributed by atoms with E-state index in [2.05, 4.69) is 5.32 Å². The van der Waals surface area contributed by atoms with E-state index in [1.807, 2.05) is 6.92 Å². The van der Waals surface area contributed by atoms with Gasteiger partial charge in [0.15, 0.2) is 0 Å². The van der Waals surface area contributed by atoms with E-state index in [1.165, 1.54) is 0 Å². The summed E-state index contributed by atoms with van der Waals surface area (Å²) >= 11 is 0. The molecule has 2 rings (SSSR count). The fourth-order valence-electron chi connectivity index (χ4n) is 2.26. The third-order valence-corrected chi connectivity index (χ3v) is 3.45. The van der Waals surface area contributed by atoms with E-state index < -0.39 is 22.7 Å². The predicted octanol–water partition coefficient (Wildman–Crippen LogP) is 0.968. The van der Waals surface area contributed by atoms with Gasteiger partial charge in [0.05, 0.1) is 22.6 Å². The quantitative estimate of drug-likeness (QED) is 0.622. The molecule has 0 spiro atoms. The highest BCUT2D eigenvalue weighted by molar-refractivity contribution is 5.95. The van der Waals surface area contributed by atoms with E-state index >= 15 is 0 Å². The molecular weight excluding hydrogens is 281 g/mol. The zero-order valence-electron chi connectivity index (χ0n) is 11.4. The van der Waals surface area contributed by atoms with Gasteiger partial charge in [0.1, 0.15) is 5.82 Å². The second kappa shape index (κ2) is 6.15. The first-order valence-electron chi connectivity index (χ1n) is 6.56. The van der Waals surface area contributed by atoms with Crippen molar-refractivity contribution in [3.05, 3.63) is 39.7 Å². The molecule has 3 atom stereocenters. The van der Waals surface area contributed by atoms with Gasteiger partial charge in [-0.05, 0) is 19.4 Å². The van der Waals surface area contributed by atoms with Gasteiger partial charge in [-0.1, -0.05) is 0 Å². The number of amides is 1. The van der Waals surface area contributed by atoms with Crippen molar-refractivity contribution in [3.63, 3.8) is 0 Å². The summed E-state index contributed by atoms with van der Waals surface area (Å²) in [6, 6.07) is 2.12. The number of nitro groups is 1. The maximum Gasteiger partial charge on any atom is 0.270 e. The van der Waals surface area contributed by atoms with Gasteiger partial charge in [0.2, 0.25) is 0 Å². The maximum atomic E-state index is 13.7. The summed E-state index contributed by atoms with van der Waals surface area (Å²) in [5, 5.41) is 13.3.